The number of unbranched alkanes of at least 4 members (excludes halogenated alkanes) is 1. The highest BCUT2D eigenvalue weighted by Crippen LogP contribution is 2.28. The first-order valence-corrected chi connectivity index (χ1v) is 9.96. The van der Waals surface area contributed by atoms with Crippen molar-refractivity contribution in [2.45, 2.75) is 64.7 Å². The van der Waals surface area contributed by atoms with Crippen molar-refractivity contribution in [3.63, 3.8) is 0 Å². The molecule has 1 fully saturated rings. The van der Waals surface area contributed by atoms with Gasteiger partial charge in [0.1, 0.15) is 0 Å². The summed E-state index contributed by atoms with van der Waals surface area (Å²) in [6.45, 7) is 2.27. The Bertz CT molecular complexity index is 698. The molecule has 2 aromatic carbocycles. The van der Waals surface area contributed by atoms with Gasteiger partial charge in [-0.3, -0.25) is 0 Å². The van der Waals surface area contributed by atoms with Crippen LogP contribution >= 0.6 is 0 Å². The first-order chi connectivity index (χ1) is 12.3. The van der Waals surface area contributed by atoms with Crippen molar-refractivity contribution in [3.8, 4) is 0 Å². The number of carbonyl (C=O) groups excluding carboxylic acids is 1. The van der Waals surface area contributed by atoms with Crippen molar-refractivity contribution in [2.75, 3.05) is 6.61 Å². The number of hydrogen-bond acceptors (Lipinski definition) is 2. The highest BCUT2D eigenvalue weighted by molar-refractivity contribution is 6.04. The topological polar surface area (TPSA) is 26.3 Å². The summed E-state index contributed by atoms with van der Waals surface area (Å²) in [5.74, 6) is 0.753. The number of carbonyl (C=O) groups is 1. The molecule has 0 N–H and O–H groups in total. The van der Waals surface area contributed by atoms with Gasteiger partial charge >= 0.3 is 5.97 Å². The van der Waals surface area contributed by atoms with Gasteiger partial charge in [-0.25, -0.2) is 4.79 Å². The second kappa shape index (κ2) is 9.03. The molecule has 0 amide bonds. The lowest BCUT2D eigenvalue weighted by Gasteiger charge is -2.21. The second-order valence-electron chi connectivity index (χ2n) is 7.33. The number of hydrogen-bond donors (Lipinski definition) is 0. The van der Waals surface area contributed by atoms with Gasteiger partial charge in [-0.2, -0.15) is 0 Å². The largest absolute Gasteiger partial charge is 0.462 e. The highest BCUT2D eigenvalue weighted by Gasteiger charge is 2.14. The van der Waals surface area contributed by atoms with Crippen molar-refractivity contribution >= 4 is 16.7 Å². The number of esters is 1. The Kier molecular flexibility index (Phi) is 6.49. The number of fused-ring (bicyclic) bond motifs is 1. The lowest BCUT2D eigenvalue weighted by atomic mass is 9.85. The SMILES string of the molecule is CCOC(=O)c1cc(CCCCC2CCCCC2)cc2ccccc12. The van der Waals surface area contributed by atoms with E-state index >= 15 is 0 Å². The molecular weight excluding hydrogens is 308 g/mol. The average molecular weight is 338 g/mol. The van der Waals surface area contributed by atoms with Gasteiger partial charge in [0.05, 0.1) is 12.2 Å². The Morgan fingerprint density at radius 1 is 1.08 bits per heavy atom. The lowest BCUT2D eigenvalue weighted by Crippen LogP contribution is -2.07. The van der Waals surface area contributed by atoms with Gasteiger partial charge in [0, 0.05) is 0 Å². The first-order valence-electron chi connectivity index (χ1n) is 9.96. The van der Waals surface area contributed by atoms with E-state index in [1.807, 2.05) is 31.2 Å². The van der Waals surface area contributed by atoms with Crippen LogP contribution in [-0.2, 0) is 11.2 Å². The molecule has 1 aliphatic rings. The lowest BCUT2D eigenvalue weighted by molar-refractivity contribution is 0.0528. The fourth-order valence-corrected chi connectivity index (χ4v) is 4.13. The first kappa shape index (κ1) is 18.0. The highest BCUT2D eigenvalue weighted by atomic mass is 16.5. The van der Waals surface area contributed by atoms with Gasteiger partial charge < -0.3 is 4.74 Å². The van der Waals surface area contributed by atoms with Crippen LogP contribution in [0.15, 0.2) is 36.4 Å². The molecule has 0 heterocycles. The summed E-state index contributed by atoms with van der Waals surface area (Å²) in [4.78, 5) is 12.3. The molecule has 3 rings (SSSR count). The zero-order valence-electron chi connectivity index (χ0n) is 15.4. The van der Waals surface area contributed by atoms with E-state index in [9.17, 15) is 4.79 Å². The van der Waals surface area contributed by atoms with Gasteiger partial charge in [-0.15, -0.1) is 0 Å². The van der Waals surface area contributed by atoms with Gasteiger partial charge in [-0.1, -0.05) is 75.3 Å². The van der Waals surface area contributed by atoms with E-state index in [-0.39, 0.29) is 5.97 Å². The van der Waals surface area contributed by atoms with Crippen molar-refractivity contribution in [1.29, 1.82) is 0 Å². The van der Waals surface area contributed by atoms with Crippen LogP contribution in [-0.4, -0.2) is 12.6 Å². The third-order valence-electron chi connectivity index (χ3n) is 5.47. The predicted molar refractivity (Wildman–Crippen MR) is 104 cm³/mol. The van der Waals surface area contributed by atoms with Crippen molar-refractivity contribution in [3.05, 3.63) is 47.5 Å². The quantitative estimate of drug-likeness (QED) is 0.437. The Labute approximate surface area is 151 Å². The molecular formula is C23H30O2. The minimum Gasteiger partial charge on any atom is -0.462 e. The van der Waals surface area contributed by atoms with E-state index in [1.54, 1.807) is 0 Å². The third-order valence-corrected chi connectivity index (χ3v) is 5.47. The smallest absolute Gasteiger partial charge is 0.338 e. The molecule has 0 spiro atoms. The second-order valence-corrected chi connectivity index (χ2v) is 7.33. The molecule has 0 bridgehead atoms. The summed E-state index contributed by atoms with van der Waals surface area (Å²) < 4.78 is 5.26. The van der Waals surface area contributed by atoms with Crippen molar-refractivity contribution < 1.29 is 9.53 Å². The normalized spacial score (nSPS) is 15.4. The van der Waals surface area contributed by atoms with E-state index in [4.69, 9.17) is 4.74 Å². The molecule has 0 radical (unpaired) electrons. The standard InChI is InChI=1S/C23H30O2/c1-2-25-23(24)22-17-19(16-20-14-8-9-15-21(20)22)13-7-6-12-18-10-4-3-5-11-18/h8-9,14-18H,2-7,10-13H2,1H3. The Hall–Kier alpha value is -1.83. The van der Waals surface area contributed by atoms with Crippen LogP contribution in [0.4, 0.5) is 0 Å². The maximum absolute atomic E-state index is 12.3. The minimum atomic E-state index is -0.206. The zero-order valence-corrected chi connectivity index (χ0v) is 15.4. The summed E-state index contributed by atoms with van der Waals surface area (Å²) in [7, 11) is 0. The molecule has 2 heteroatoms. The number of ether oxygens (including phenoxy) is 1. The van der Waals surface area contributed by atoms with Gasteiger partial charge in [0.2, 0.25) is 0 Å². The summed E-state index contributed by atoms with van der Waals surface area (Å²) >= 11 is 0. The van der Waals surface area contributed by atoms with E-state index < -0.39 is 0 Å². The maximum Gasteiger partial charge on any atom is 0.338 e. The van der Waals surface area contributed by atoms with Crippen LogP contribution in [0.2, 0.25) is 0 Å². The maximum atomic E-state index is 12.3. The van der Waals surface area contributed by atoms with Gasteiger partial charge in [-0.05, 0) is 48.1 Å². The van der Waals surface area contributed by atoms with E-state index in [2.05, 4.69) is 12.1 Å². The predicted octanol–water partition coefficient (Wildman–Crippen LogP) is 6.31. The molecule has 134 valence electrons. The molecule has 0 aromatic heterocycles. The van der Waals surface area contributed by atoms with E-state index in [0.717, 1.165) is 23.1 Å². The Morgan fingerprint density at radius 2 is 1.88 bits per heavy atom. The molecule has 0 unspecified atom stereocenters. The van der Waals surface area contributed by atoms with Crippen molar-refractivity contribution in [1.82, 2.24) is 0 Å². The summed E-state index contributed by atoms with van der Waals surface area (Å²) in [6.07, 6.45) is 12.1. The van der Waals surface area contributed by atoms with Gasteiger partial charge in [0.25, 0.3) is 0 Å². The van der Waals surface area contributed by atoms with Crippen LogP contribution in [0.25, 0.3) is 10.8 Å². The number of benzene rings is 2. The van der Waals surface area contributed by atoms with Crippen LogP contribution in [0.3, 0.4) is 0 Å². The number of rotatable bonds is 7. The Balaban J connectivity index is 1.65. The van der Waals surface area contributed by atoms with Crippen molar-refractivity contribution in [2.24, 2.45) is 5.92 Å². The van der Waals surface area contributed by atoms with Crippen LogP contribution < -0.4 is 0 Å². The third kappa shape index (κ3) is 4.84. The molecule has 25 heavy (non-hydrogen) atoms. The molecule has 1 aliphatic carbocycles. The van der Waals surface area contributed by atoms with E-state index in [0.29, 0.717) is 12.2 Å². The van der Waals surface area contributed by atoms with Crippen LogP contribution in [0.5, 0.6) is 0 Å². The Morgan fingerprint density at radius 3 is 2.68 bits per heavy atom. The summed E-state index contributed by atoms with van der Waals surface area (Å²) in [5.41, 5.74) is 1.97. The summed E-state index contributed by atoms with van der Waals surface area (Å²) in [5, 5.41) is 2.13. The molecule has 0 saturated heterocycles. The fraction of sp³-hybridized carbons (Fsp3) is 0.522. The molecule has 0 aliphatic heterocycles. The van der Waals surface area contributed by atoms with Crippen LogP contribution in [0, 0.1) is 5.92 Å². The number of aryl methyl sites for hydroxylation is 1. The zero-order chi connectivity index (χ0) is 17.5. The van der Waals surface area contributed by atoms with Crippen LogP contribution in [0.1, 0.15) is 74.2 Å². The molecule has 2 aromatic rings. The summed E-state index contributed by atoms with van der Waals surface area (Å²) in [6, 6.07) is 12.4. The molecule has 0 atom stereocenters. The van der Waals surface area contributed by atoms with Gasteiger partial charge in [0.15, 0.2) is 0 Å². The molecule has 1 saturated carbocycles. The minimum absolute atomic E-state index is 0.206. The monoisotopic (exact) mass is 338 g/mol. The molecule has 2 nitrogen and oxygen atoms in total. The average Bonchev–Trinajstić information content (AvgIpc) is 2.65. The fourth-order valence-electron chi connectivity index (χ4n) is 4.13. The van der Waals surface area contributed by atoms with E-state index in [1.165, 1.54) is 56.9 Å².